The third kappa shape index (κ3) is 3.04. The third-order valence-corrected chi connectivity index (χ3v) is 4.31. The first kappa shape index (κ1) is 14.4. The molecule has 2 saturated heterocycles. The summed E-state index contributed by atoms with van der Waals surface area (Å²) in [5, 5.41) is 1.96. The average molecular weight is 289 g/mol. The maximum absolute atomic E-state index is 12.4. The van der Waals surface area contributed by atoms with E-state index >= 15 is 0 Å². The summed E-state index contributed by atoms with van der Waals surface area (Å²) in [4.78, 5) is 14.7. The second kappa shape index (κ2) is 5.66. The SMILES string of the molecule is Cc1ccc(N2CC(C)(CN3CCOCC3)C(=O)N2)cc1. The number of nitrogens with zero attached hydrogens (tertiary/aromatic N) is 2. The standard InChI is InChI=1S/C16H23N3O2/c1-13-3-5-14(6-4-13)19-12-16(2,15(20)17-19)11-18-7-9-21-10-8-18/h3-6H,7-12H2,1-2H3,(H,17,20). The zero-order chi connectivity index (χ0) is 14.9. The number of morpholine rings is 1. The smallest absolute Gasteiger partial charge is 0.247 e. The normalized spacial score (nSPS) is 27.0. The zero-order valence-electron chi connectivity index (χ0n) is 12.8. The van der Waals surface area contributed by atoms with E-state index in [0.717, 1.165) is 38.5 Å². The fraction of sp³-hybridized carbons (Fsp3) is 0.562. The quantitative estimate of drug-likeness (QED) is 0.908. The molecule has 2 aliphatic rings. The summed E-state index contributed by atoms with van der Waals surface area (Å²) in [6, 6.07) is 8.24. The van der Waals surface area contributed by atoms with Crippen LogP contribution in [-0.4, -0.2) is 50.2 Å². The molecular formula is C16H23N3O2. The number of hydrogen-bond acceptors (Lipinski definition) is 4. The number of rotatable bonds is 3. The predicted molar refractivity (Wildman–Crippen MR) is 82.0 cm³/mol. The molecule has 0 saturated carbocycles. The average Bonchev–Trinajstić information content (AvgIpc) is 2.76. The second-order valence-electron chi connectivity index (χ2n) is 6.31. The number of amides is 1. The monoisotopic (exact) mass is 289 g/mol. The number of nitrogens with one attached hydrogen (secondary N) is 1. The summed E-state index contributed by atoms with van der Waals surface area (Å²) in [6.45, 7) is 8.94. The molecule has 1 unspecified atom stereocenters. The van der Waals surface area contributed by atoms with Crippen LogP contribution in [0.25, 0.3) is 0 Å². The molecule has 21 heavy (non-hydrogen) atoms. The third-order valence-electron chi connectivity index (χ3n) is 4.31. The van der Waals surface area contributed by atoms with E-state index in [-0.39, 0.29) is 11.3 Å². The largest absolute Gasteiger partial charge is 0.379 e. The van der Waals surface area contributed by atoms with Gasteiger partial charge in [-0.2, -0.15) is 0 Å². The summed E-state index contributed by atoms with van der Waals surface area (Å²) in [6.07, 6.45) is 0. The molecule has 0 aliphatic carbocycles. The lowest BCUT2D eigenvalue weighted by molar-refractivity contribution is -0.127. The van der Waals surface area contributed by atoms with E-state index < -0.39 is 0 Å². The van der Waals surface area contributed by atoms with Crippen LogP contribution in [-0.2, 0) is 9.53 Å². The molecule has 2 aliphatic heterocycles. The van der Waals surface area contributed by atoms with Gasteiger partial charge in [-0.05, 0) is 26.0 Å². The van der Waals surface area contributed by atoms with Crippen molar-refractivity contribution in [2.24, 2.45) is 5.41 Å². The van der Waals surface area contributed by atoms with Crippen LogP contribution in [0.3, 0.4) is 0 Å². The number of benzene rings is 1. The minimum absolute atomic E-state index is 0.106. The van der Waals surface area contributed by atoms with Gasteiger partial charge in [-0.25, -0.2) is 0 Å². The van der Waals surface area contributed by atoms with Crippen molar-refractivity contribution in [3.05, 3.63) is 29.8 Å². The molecule has 1 atom stereocenters. The molecule has 2 fully saturated rings. The minimum atomic E-state index is -0.373. The van der Waals surface area contributed by atoms with Crippen LogP contribution >= 0.6 is 0 Å². The number of anilines is 1. The van der Waals surface area contributed by atoms with E-state index in [0.29, 0.717) is 6.54 Å². The molecule has 1 aromatic carbocycles. The van der Waals surface area contributed by atoms with Gasteiger partial charge in [-0.3, -0.25) is 20.1 Å². The molecule has 0 radical (unpaired) electrons. The molecule has 0 aromatic heterocycles. The first-order valence-corrected chi connectivity index (χ1v) is 7.52. The molecule has 1 N–H and O–H groups in total. The van der Waals surface area contributed by atoms with Crippen LogP contribution in [0.15, 0.2) is 24.3 Å². The maximum Gasteiger partial charge on any atom is 0.247 e. The number of ether oxygens (including phenoxy) is 1. The molecule has 5 nitrogen and oxygen atoms in total. The van der Waals surface area contributed by atoms with Gasteiger partial charge in [0, 0.05) is 19.6 Å². The van der Waals surface area contributed by atoms with Gasteiger partial charge in [0.2, 0.25) is 5.91 Å². The summed E-state index contributed by atoms with van der Waals surface area (Å²) in [5.74, 6) is 0.106. The molecule has 5 heteroatoms. The van der Waals surface area contributed by atoms with Crippen molar-refractivity contribution < 1.29 is 9.53 Å². The van der Waals surface area contributed by atoms with Gasteiger partial charge in [0.05, 0.1) is 30.9 Å². The van der Waals surface area contributed by atoms with Crippen LogP contribution in [0.2, 0.25) is 0 Å². The van der Waals surface area contributed by atoms with Gasteiger partial charge in [0.1, 0.15) is 0 Å². The molecule has 2 heterocycles. The van der Waals surface area contributed by atoms with Crippen LogP contribution in [0.5, 0.6) is 0 Å². The molecular weight excluding hydrogens is 266 g/mol. The van der Waals surface area contributed by atoms with Crippen molar-refractivity contribution in [3.63, 3.8) is 0 Å². The Morgan fingerprint density at radius 2 is 1.90 bits per heavy atom. The van der Waals surface area contributed by atoms with Gasteiger partial charge in [-0.15, -0.1) is 0 Å². The van der Waals surface area contributed by atoms with Crippen molar-refractivity contribution >= 4 is 11.6 Å². The highest BCUT2D eigenvalue weighted by Crippen LogP contribution is 2.29. The molecule has 3 rings (SSSR count). The Balaban J connectivity index is 1.69. The van der Waals surface area contributed by atoms with Gasteiger partial charge < -0.3 is 4.74 Å². The van der Waals surface area contributed by atoms with Crippen LogP contribution in [0, 0.1) is 12.3 Å². The van der Waals surface area contributed by atoms with Crippen molar-refractivity contribution in [2.75, 3.05) is 44.4 Å². The van der Waals surface area contributed by atoms with E-state index in [1.54, 1.807) is 0 Å². The van der Waals surface area contributed by atoms with Crippen LogP contribution in [0.4, 0.5) is 5.69 Å². The summed E-state index contributed by atoms with van der Waals surface area (Å²) >= 11 is 0. The molecule has 114 valence electrons. The Morgan fingerprint density at radius 1 is 1.24 bits per heavy atom. The van der Waals surface area contributed by atoms with E-state index in [9.17, 15) is 4.79 Å². The number of carbonyl (C=O) groups is 1. The van der Waals surface area contributed by atoms with Crippen LogP contribution in [0.1, 0.15) is 12.5 Å². The summed E-state index contributed by atoms with van der Waals surface area (Å²) < 4.78 is 5.37. The van der Waals surface area contributed by atoms with E-state index in [1.165, 1.54) is 5.56 Å². The van der Waals surface area contributed by atoms with Crippen molar-refractivity contribution in [2.45, 2.75) is 13.8 Å². The van der Waals surface area contributed by atoms with Crippen molar-refractivity contribution in [3.8, 4) is 0 Å². The Labute approximate surface area is 125 Å². The van der Waals surface area contributed by atoms with Gasteiger partial charge in [0.25, 0.3) is 0 Å². The highest BCUT2D eigenvalue weighted by Gasteiger charge is 2.43. The Kier molecular flexibility index (Phi) is 3.87. The van der Waals surface area contributed by atoms with E-state index in [4.69, 9.17) is 4.74 Å². The lowest BCUT2D eigenvalue weighted by Crippen LogP contribution is -2.46. The van der Waals surface area contributed by atoms with E-state index in [1.807, 2.05) is 11.9 Å². The number of hydrogen-bond donors (Lipinski definition) is 1. The second-order valence-corrected chi connectivity index (χ2v) is 6.31. The first-order valence-electron chi connectivity index (χ1n) is 7.52. The Bertz CT molecular complexity index is 511. The fourth-order valence-corrected chi connectivity index (χ4v) is 2.97. The molecule has 1 amide bonds. The van der Waals surface area contributed by atoms with Crippen LogP contribution < -0.4 is 10.4 Å². The molecule has 0 spiro atoms. The van der Waals surface area contributed by atoms with Gasteiger partial charge in [0.15, 0.2) is 0 Å². The topological polar surface area (TPSA) is 44.8 Å². The summed E-state index contributed by atoms with van der Waals surface area (Å²) in [7, 11) is 0. The predicted octanol–water partition coefficient (Wildman–Crippen LogP) is 1.18. The highest BCUT2D eigenvalue weighted by molar-refractivity contribution is 5.87. The zero-order valence-corrected chi connectivity index (χ0v) is 12.8. The molecule has 1 aromatic rings. The van der Waals surface area contributed by atoms with E-state index in [2.05, 4.69) is 41.5 Å². The van der Waals surface area contributed by atoms with Crippen molar-refractivity contribution in [1.82, 2.24) is 10.3 Å². The minimum Gasteiger partial charge on any atom is -0.379 e. The first-order chi connectivity index (χ1) is 10.1. The number of hydrazine groups is 1. The van der Waals surface area contributed by atoms with Gasteiger partial charge >= 0.3 is 0 Å². The Hall–Kier alpha value is -1.59. The number of aryl methyl sites for hydroxylation is 1. The number of carbonyl (C=O) groups excluding carboxylic acids is 1. The maximum atomic E-state index is 12.4. The lowest BCUT2D eigenvalue weighted by Gasteiger charge is -2.32. The lowest BCUT2D eigenvalue weighted by atomic mass is 9.90. The van der Waals surface area contributed by atoms with Crippen molar-refractivity contribution in [1.29, 1.82) is 0 Å². The molecule has 0 bridgehead atoms. The summed E-state index contributed by atoms with van der Waals surface area (Å²) in [5.41, 5.74) is 4.90. The highest BCUT2D eigenvalue weighted by atomic mass is 16.5. The Morgan fingerprint density at radius 3 is 2.57 bits per heavy atom. The fourth-order valence-electron chi connectivity index (χ4n) is 2.97. The van der Waals surface area contributed by atoms with Gasteiger partial charge in [-0.1, -0.05) is 17.7 Å².